The maximum Gasteiger partial charge on any atom is 0.253 e. The molecule has 3 aromatic rings. The Kier molecular flexibility index (Phi) is 7.82. The molecule has 0 aliphatic carbocycles. The second-order valence-electron chi connectivity index (χ2n) is 8.09. The van der Waals surface area contributed by atoms with E-state index in [2.05, 4.69) is 60.5 Å². The molecule has 6 heteroatoms. The SMILES string of the molecule is COCCCNC(=S)N(Cc1ccc(C)cc1)Cc1cc2cc(C)cc(C)c2[nH]c1=O. The number of nitrogens with one attached hydrogen (secondary N) is 2. The molecule has 0 fully saturated rings. The fourth-order valence-corrected chi connectivity index (χ4v) is 3.92. The van der Waals surface area contributed by atoms with Crippen molar-refractivity contribution in [2.24, 2.45) is 0 Å². The molecule has 0 saturated carbocycles. The first-order chi connectivity index (χ1) is 14.9. The molecule has 2 N–H and O–H groups in total. The summed E-state index contributed by atoms with van der Waals surface area (Å²) in [6.45, 7) is 8.62. The predicted molar refractivity (Wildman–Crippen MR) is 132 cm³/mol. The number of benzene rings is 2. The summed E-state index contributed by atoms with van der Waals surface area (Å²) in [6.07, 6.45) is 0.865. The topological polar surface area (TPSA) is 57.4 Å². The lowest BCUT2D eigenvalue weighted by Gasteiger charge is -2.26. The van der Waals surface area contributed by atoms with Gasteiger partial charge in [-0.25, -0.2) is 0 Å². The van der Waals surface area contributed by atoms with Crippen molar-refractivity contribution in [2.75, 3.05) is 20.3 Å². The van der Waals surface area contributed by atoms with E-state index in [9.17, 15) is 4.79 Å². The second kappa shape index (κ2) is 10.6. The number of fused-ring (bicyclic) bond motifs is 1. The largest absolute Gasteiger partial charge is 0.385 e. The summed E-state index contributed by atoms with van der Waals surface area (Å²) < 4.78 is 5.12. The van der Waals surface area contributed by atoms with E-state index < -0.39 is 0 Å². The molecule has 0 aliphatic heterocycles. The van der Waals surface area contributed by atoms with Crippen molar-refractivity contribution in [1.29, 1.82) is 0 Å². The molecule has 0 bridgehead atoms. The number of thiocarbonyl (C=S) groups is 1. The van der Waals surface area contributed by atoms with Gasteiger partial charge in [0.1, 0.15) is 0 Å². The molecule has 1 aromatic heterocycles. The number of nitrogens with zero attached hydrogens (tertiary/aromatic N) is 1. The Bertz CT molecular complexity index is 1110. The lowest BCUT2D eigenvalue weighted by Crippen LogP contribution is -2.40. The molecule has 0 spiro atoms. The number of methoxy groups -OCH3 is 1. The van der Waals surface area contributed by atoms with Gasteiger partial charge in [-0.3, -0.25) is 4.79 Å². The van der Waals surface area contributed by atoms with Crippen molar-refractivity contribution in [3.8, 4) is 0 Å². The third-order valence-corrected chi connectivity index (χ3v) is 5.72. The Hall–Kier alpha value is -2.70. The number of aryl methyl sites for hydroxylation is 3. The number of hydrogen-bond acceptors (Lipinski definition) is 3. The summed E-state index contributed by atoms with van der Waals surface area (Å²) in [5.41, 5.74) is 6.13. The van der Waals surface area contributed by atoms with Crippen LogP contribution in [0, 0.1) is 20.8 Å². The van der Waals surface area contributed by atoms with Gasteiger partial charge in [-0.15, -0.1) is 0 Å². The minimum Gasteiger partial charge on any atom is -0.385 e. The molecule has 0 unspecified atom stereocenters. The summed E-state index contributed by atoms with van der Waals surface area (Å²) in [7, 11) is 1.69. The number of rotatable bonds is 8. The monoisotopic (exact) mass is 437 g/mol. The third-order valence-electron chi connectivity index (χ3n) is 5.31. The fraction of sp³-hybridized carbons (Fsp3) is 0.360. The Labute approximate surface area is 189 Å². The molecule has 0 amide bonds. The maximum atomic E-state index is 12.9. The molecular weight excluding hydrogens is 406 g/mol. The highest BCUT2D eigenvalue weighted by atomic mass is 32.1. The van der Waals surface area contributed by atoms with Crippen molar-refractivity contribution in [1.82, 2.24) is 15.2 Å². The van der Waals surface area contributed by atoms with Crippen molar-refractivity contribution in [3.05, 3.63) is 80.6 Å². The molecule has 0 aliphatic rings. The summed E-state index contributed by atoms with van der Waals surface area (Å²) >= 11 is 5.69. The highest BCUT2D eigenvalue weighted by Crippen LogP contribution is 2.19. The van der Waals surface area contributed by atoms with Crippen LogP contribution in [0.4, 0.5) is 0 Å². The summed E-state index contributed by atoms with van der Waals surface area (Å²) in [5.74, 6) is 0. The van der Waals surface area contributed by atoms with Crippen LogP contribution in [0.25, 0.3) is 10.9 Å². The number of aromatic amines is 1. The van der Waals surface area contributed by atoms with Crippen molar-refractivity contribution in [3.63, 3.8) is 0 Å². The number of aromatic nitrogens is 1. The predicted octanol–water partition coefficient (Wildman–Crippen LogP) is 4.37. The zero-order valence-corrected chi connectivity index (χ0v) is 19.6. The Balaban J connectivity index is 1.87. The molecule has 2 aromatic carbocycles. The number of ether oxygens (including phenoxy) is 1. The smallest absolute Gasteiger partial charge is 0.253 e. The number of H-pyrrole nitrogens is 1. The first-order valence-corrected chi connectivity index (χ1v) is 11.0. The van der Waals surface area contributed by atoms with Gasteiger partial charge in [0.05, 0.1) is 12.1 Å². The maximum absolute atomic E-state index is 12.9. The quantitative estimate of drug-likeness (QED) is 0.405. The summed E-state index contributed by atoms with van der Waals surface area (Å²) in [6, 6.07) is 14.6. The van der Waals surface area contributed by atoms with Gasteiger partial charge >= 0.3 is 0 Å². The highest BCUT2D eigenvalue weighted by molar-refractivity contribution is 7.80. The first kappa shape index (κ1) is 23.0. The molecular formula is C25H31N3O2S. The van der Waals surface area contributed by atoms with Crippen LogP contribution in [0.5, 0.6) is 0 Å². The highest BCUT2D eigenvalue weighted by Gasteiger charge is 2.14. The van der Waals surface area contributed by atoms with Gasteiger partial charge in [0, 0.05) is 32.4 Å². The zero-order chi connectivity index (χ0) is 22.4. The molecule has 1 heterocycles. The van der Waals surface area contributed by atoms with Crippen LogP contribution in [0.2, 0.25) is 0 Å². The molecule has 0 atom stereocenters. The third kappa shape index (κ3) is 6.15. The van der Waals surface area contributed by atoms with Gasteiger partial charge in [-0.1, -0.05) is 41.5 Å². The molecule has 0 radical (unpaired) electrons. The van der Waals surface area contributed by atoms with Crippen LogP contribution >= 0.6 is 12.2 Å². The number of hydrogen-bond donors (Lipinski definition) is 2. The Morgan fingerprint density at radius 1 is 1.06 bits per heavy atom. The summed E-state index contributed by atoms with van der Waals surface area (Å²) in [4.78, 5) is 18.0. The van der Waals surface area contributed by atoms with E-state index in [1.54, 1.807) is 7.11 Å². The Morgan fingerprint density at radius 3 is 2.52 bits per heavy atom. The van der Waals surface area contributed by atoms with E-state index in [1.165, 1.54) is 11.1 Å². The van der Waals surface area contributed by atoms with Crippen LogP contribution in [-0.4, -0.2) is 35.3 Å². The average Bonchev–Trinajstić information content (AvgIpc) is 2.73. The molecule has 0 saturated heterocycles. The van der Waals surface area contributed by atoms with E-state index in [0.29, 0.717) is 30.4 Å². The minimum atomic E-state index is -0.0736. The standard InChI is InChI=1S/C25H31N3O2S/c1-17-6-8-20(9-7-17)15-28(25(31)26-10-5-11-30-4)16-22-14-21-13-18(2)12-19(3)23(21)27-24(22)29/h6-9,12-14H,5,10-11,15-16H2,1-4H3,(H,26,31)(H,27,29). The average molecular weight is 438 g/mol. The van der Waals surface area contributed by atoms with Crippen molar-refractivity contribution < 1.29 is 4.74 Å². The van der Waals surface area contributed by atoms with Gasteiger partial charge in [-0.05, 0) is 68.1 Å². The fourth-order valence-electron chi connectivity index (χ4n) is 3.69. The van der Waals surface area contributed by atoms with Crippen molar-refractivity contribution >= 4 is 28.2 Å². The second-order valence-corrected chi connectivity index (χ2v) is 8.48. The van der Waals surface area contributed by atoms with E-state index in [0.717, 1.165) is 35.0 Å². The van der Waals surface area contributed by atoms with Crippen LogP contribution in [-0.2, 0) is 17.8 Å². The Morgan fingerprint density at radius 2 is 1.81 bits per heavy atom. The van der Waals surface area contributed by atoms with Crippen molar-refractivity contribution in [2.45, 2.75) is 40.3 Å². The van der Waals surface area contributed by atoms with Gasteiger partial charge in [-0.2, -0.15) is 0 Å². The molecule has 5 nitrogen and oxygen atoms in total. The van der Waals surface area contributed by atoms with Crippen LogP contribution in [0.3, 0.4) is 0 Å². The van der Waals surface area contributed by atoms with Crippen LogP contribution in [0.15, 0.2) is 47.3 Å². The van der Waals surface area contributed by atoms with Crippen LogP contribution < -0.4 is 10.9 Å². The lowest BCUT2D eigenvalue weighted by atomic mass is 10.0. The molecule has 3 rings (SSSR count). The zero-order valence-electron chi connectivity index (χ0n) is 18.7. The minimum absolute atomic E-state index is 0.0736. The van der Waals surface area contributed by atoms with Gasteiger partial charge < -0.3 is 19.9 Å². The van der Waals surface area contributed by atoms with Gasteiger partial charge in [0.2, 0.25) is 0 Å². The molecule has 31 heavy (non-hydrogen) atoms. The normalized spacial score (nSPS) is 11.0. The van der Waals surface area contributed by atoms with E-state index in [1.807, 2.05) is 17.9 Å². The first-order valence-electron chi connectivity index (χ1n) is 10.6. The lowest BCUT2D eigenvalue weighted by molar-refractivity contribution is 0.195. The van der Waals surface area contributed by atoms with Gasteiger partial charge in [0.25, 0.3) is 5.56 Å². The summed E-state index contributed by atoms with van der Waals surface area (Å²) in [5, 5.41) is 4.99. The van der Waals surface area contributed by atoms with E-state index in [4.69, 9.17) is 17.0 Å². The molecule has 164 valence electrons. The number of pyridine rings is 1. The van der Waals surface area contributed by atoms with E-state index in [-0.39, 0.29) is 5.56 Å². The van der Waals surface area contributed by atoms with E-state index >= 15 is 0 Å². The van der Waals surface area contributed by atoms with Gasteiger partial charge in [0.15, 0.2) is 5.11 Å². The van der Waals surface area contributed by atoms with Crippen LogP contribution in [0.1, 0.15) is 34.2 Å².